The van der Waals surface area contributed by atoms with Crippen LogP contribution in [0.25, 0.3) is 0 Å². The van der Waals surface area contributed by atoms with Gasteiger partial charge in [0.1, 0.15) is 0 Å². The lowest BCUT2D eigenvalue weighted by Crippen LogP contribution is -2.21. The highest BCUT2D eigenvalue weighted by Gasteiger charge is 2.30. The zero-order valence-electron chi connectivity index (χ0n) is 11.5. The number of halogens is 3. The number of anilines is 1. The molecule has 7 heteroatoms. The predicted molar refractivity (Wildman–Crippen MR) is 76.0 cm³/mol. The second-order valence-electron chi connectivity index (χ2n) is 4.87. The Hall–Kier alpha value is -2.96. The summed E-state index contributed by atoms with van der Waals surface area (Å²) in [4.78, 5) is 28.1. The van der Waals surface area contributed by atoms with Gasteiger partial charge in [0.2, 0.25) is 5.78 Å². The van der Waals surface area contributed by atoms with Gasteiger partial charge in [-0.25, -0.2) is 0 Å². The number of alkyl halides is 3. The van der Waals surface area contributed by atoms with Gasteiger partial charge in [-0.15, -0.1) is 0 Å². The number of allylic oxidation sites excluding steroid dienone is 2. The van der Waals surface area contributed by atoms with Gasteiger partial charge in [-0.2, -0.15) is 13.2 Å². The Balaban J connectivity index is 1.87. The second-order valence-corrected chi connectivity index (χ2v) is 4.87. The number of nitrogens with zero attached hydrogens (tertiary/aromatic N) is 1. The third kappa shape index (κ3) is 2.85. The SMILES string of the molecule is O=C1C=C(Nc2ccc(C(F)(F)F)cc2)C(=O)c2cnccc21. The van der Waals surface area contributed by atoms with E-state index in [1.807, 2.05) is 0 Å². The first-order chi connectivity index (χ1) is 10.9. The highest BCUT2D eigenvalue weighted by molar-refractivity contribution is 6.25. The van der Waals surface area contributed by atoms with Crippen LogP contribution in [-0.2, 0) is 6.18 Å². The van der Waals surface area contributed by atoms with E-state index in [0.29, 0.717) is 0 Å². The molecule has 23 heavy (non-hydrogen) atoms. The fourth-order valence-electron chi connectivity index (χ4n) is 2.20. The van der Waals surface area contributed by atoms with Crippen LogP contribution in [0.4, 0.5) is 18.9 Å². The molecule has 1 N–H and O–H groups in total. The summed E-state index contributed by atoms with van der Waals surface area (Å²) in [7, 11) is 0. The van der Waals surface area contributed by atoms with Crippen LogP contribution < -0.4 is 5.32 Å². The van der Waals surface area contributed by atoms with Crippen molar-refractivity contribution in [1.82, 2.24) is 4.98 Å². The first-order valence-corrected chi connectivity index (χ1v) is 6.55. The topological polar surface area (TPSA) is 59.1 Å². The quantitative estimate of drug-likeness (QED) is 0.921. The van der Waals surface area contributed by atoms with Gasteiger partial charge in [0.15, 0.2) is 5.78 Å². The lowest BCUT2D eigenvalue weighted by atomic mass is 9.94. The summed E-state index contributed by atoms with van der Waals surface area (Å²) in [5, 5.41) is 2.68. The van der Waals surface area contributed by atoms with Gasteiger partial charge in [-0.3, -0.25) is 14.6 Å². The first-order valence-electron chi connectivity index (χ1n) is 6.55. The van der Waals surface area contributed by atoms with Crippen molar-refractivity contribution in [3.8, 4) is 0 Å². The molecule has 1 aromatic carbocycles. The standard InChI is InChI=1S/C16H9F3N2O2/c17-16(18,19)9-1-3-10(4-2-9)21-13-7-14(22)11-5-6-20-8-12(11)15(13)23/h1-8,21H. The summed E-state index contributed by atoms with van der Waals surface area (Å²) < 4.78 is 37.6. The zero-order chi connectivity index (χ0) is 16.6. The maximum atomic E-state index is 12.5. The Morgan fingerprint density at radius 2 is 1.65 bits per heavy atom. The molecule has 2 aromatic rings. The summed E-state index contributed by atoms with van der Waals surface area (Å²) in [6.45, 7) is 0. The number of Topliss-reactive ketones (excluding diaryl/α,β-unsaturated/α-hetero) is 1. The number of aromatic nitrogens is 1. The molecule has 1 aliphatic carbocycles. The van der Waals surface area contributed by atoms with E-state index >= 15 is 0 Å². The van der Waals surface area contributed by atoms with Crippen LogP contribution in [0, 0.1) is 0 Å². The third-order valence-corrected chi connectivity index (χ3v) is 3.34. The van der Waals surface area contributed by atoms with Crippen molar-refractivity contribution in [2.75, 3.05) is 5.32 Å². The molecule has 0 fully saturated rings. The molecular formula is C16H9F3N2O2. The molecule has 0 saturated carbocycles. The normalized spacial score (nSPS) is 14.3. The van der Waals surface area contributed by atoms with Crippen molar-refractivity contribution in [2.45, 2.75) is 6.18 Å². The van der Waals surface area contributed by atoms with E-state index in [9.17, 15) is 22.8 Å². The van der Waals surface area contributed by atoms with E-state index in [1.54, 1.807) is 0 Å². The van der Waals surface area contributed by atoms with Gasteiger partial charge in [-0.05, 0) is 30.3 Å². The van der Waals surface area contributed by atoms with Crippen LogP contribution in [0.2, 0.25) is 0 Å². The number of pyridine rings is 1. The minimum atomic E-state index is -4.43. The number of nitrogens with one attached hydrogen (secondary N) is 1. The monoisotopic (exact) mass is 318 g/mol. The molecule has 0 unspecified atom stereocenters. The van der Waals surface area contributed by atoms with Crippen LogP contribution in [0.5, 0.6) is 0 Å². The number of carbonyl (C=O) groups is 2. The fraction of sp³-hybridized carbons (Fsp3) is 0.0625. The molecule has 1 heterocycles. The van der Waals surface area contributed by atoms with Gasteiger partial charge in [0.05, 0.1) is 16.8 Å². The summed E-state index contributed by atoms with van der Waals surface area (Å²) >= 11 is 0. The molecule has 1 aromatic heterocycles. The minimum Gasteiger partial charge on any atom is -0.352 e. The van der Waals surface area contributed by atoms with E-state index in [1.165, 1.54) is 30.6 Å². The summed E-state index contributed by atoms with van der Waals surface area (Å²) in [5.41, 5.74) is -0.108. The second kappa shape index (κ2) is 5.35. The zero-order valence-corrected chi connectivity index (χ0v) is 11.5. The first kappa shape index (κ1) is 15.0. The summed E-state index contributed by atoms with van der Waals surface area (Å²) in [6.07, 6.45) is -0.607. The number of carbonyl (C=O) groups excluding carboxylic acids is 2. The lowest BCUT2D eigenvalue weighted by molar-refractivity contribution is -0.137. The smallest absolute Gasteiger partial charge is 0.352 e. The Kier molecular flexibility index (Phi) is 3.48. The highest BCUT2D eigenvalue weighted by atomic mass is 19.4. The maximum Gasteiger partial charge on any atom is 0.416 e. The number of rotatable bonds is 2. The van der Waals surface area contributed by atoms with E-state index in [0.717, 1.165) is 18.2 Å². The van der Waals surface area contributed by atoms with Crippen LogP contribution >= 0.6 is 0 Å². The van der Waals surface area contributed by atoms with Gasteiger partial charge in [-0.1, -0.05) is 0 Å². The van der Waals surface area contributed by atoms with Crippen molar-refractivity contribution >= 4 is 17.3 Å². The Morgan fingerprint density at radius 3 is 2.30 bits per heavy atom. The maximum absolute atomic E-state index is 12.5. The number of ketones is 2. The van der Waals surface area contributed by atoms with Crippen LogP contribution in [0.15, 0.2) is 54.5 Å². The molecule has 0 aliphatic heterocycles. The van der Waals surface area contributed by atoms with Crippen molar-refractivity contribution < 1.29 is 22.8 Å². The molecule has 116 valence electrons. The van der Waals surface area contributed by atoms with Crippen molar-refractivity contribution in [3.05, 3.63) is 71.2 Å². The molecule has 0 spiro atoms. The largest absolute Gasteiger partial charge is 0.416 e. The van der Waals surface area contributed by atoms with Crippen molar-refractivity contribution in [1.29, 1.82) is 0 Å². The molecule has 0 radical (unpaired) electrons. The van der Waals surface area contributed by atoms with Gasteiger partial charge < -0.3 is 5.32 Å². The molecule has 0 bridgehead atoms. The Bertz CT molecular complexity index is 824. The number of benzene rings is 1. The van der Waals surface area contributed by atoms with Crippen molar-refractivity contribution in [3.63, 3.8) is 0 Å². The highest BCUT2D eigenvalue weighted by Crippen LogP contribution is 2.30. The van der Waals surface area contributed by atoms with E-state index < -0.39 is 17.5 Å². The minimum absolute atomic E-state index is 0.00439. The number of fused-ring (bicyclic) bond motifs is 1. The number of hydrogen-bond acceptors (Lipinski definition) is 4. The van der Waals surface area contributed by atoms with Gasteiger partial charge >= 0.3 is 6.18 Å². The average molecular weight is 318 g/mol. The van der Waals surface area contributed by atoms with Crippen molar-refractivity contribution in [2.24, 2.45) is 0 Å². The fourth-order valence-corrected chi connectivity index (χ4v) is 2.20. The summed E-state index contributed by atoms with van der Waals surface area (Å²) in [5.74, 6) is -0.802. The van der Waals surface area contributed by atoms with Crippen LogP contribution in [0.3, 0.4) is 0 Å². The van der Waals surface area contributed by atoms with Gasteiger partial charge in [0, 0.05) is 29.7 Å². The molecule has 0 amide bonds. The lowest BCUT2D eigenvalue weighted by Gasteiger charge is -2.16. The Labute approximate surface area is 128 Å². The molecular weight excluding hydrogens is 309 g/mol. The van der Waals surface area contributed by atoms with Crippen LogP contribution in [-0.4, -0.2) is 16.6 Å². The summed E-state index contributed by atoms with van der Waals surface area (Å²) in [6, 6.07) is 5.63. The molecule has 1 aliphatic rings. The third-order valence-electron chi connectivity index (χ3n) is 3.34. The average Bonchev–Trinajstić information content (AvgIpc) is 2.52. The van der Waals surface area contributed by atoms with E-state index in [2.05, 4.69) is 10.3 Å². The van der Waals surface area contributed by atoms with Gasteiger partial charge in [0.25, 0.3) is 0 Å². The van der Waals surface area contributed by atoms with E-state index in [-0.39, 0.29) is 28.3 Å². The molecule has 0 saturated heterocycles. The van der Waals surface area contributed by atoms with E-state index in [4.69, 9.17) is 0 Å². The molecule has 3 rings (SSSR count). The Morgan fingerprint density at radius 1 is 0.957 bits per heavy atom. The number of hydrogen-bond donors (Lipinski definition) is 1. The molecule has 0 atom stereocenters. The predicted octanol–water partition coefficient (Wildman–Crippen LogP) is 3.48. The molecule has 4 nitrogen and oxygen atoms in total. The van der Waals surface area contributed by atoms with Crippen LogP contribution in [0.1, 0.15) is 26.3 Å².